The van der Waals surface area contributed by atoms with Crippen LogP contribution in [0, 0.1) is 5.92 Å². The summed E-state index contributed by atoms with van der Waals surface area (Å²) < 4.78 is 5.29. The normalized spacial score (nSPS) is 21.7. The first-order valence-corrected chi connectivity index (χ1v) is 5.60. The lowest BCUT2D eigenvalue weighted by Gasteiger charge is -2.21. The van der Waals surface area contributed by atoms with Crippen molar-refractivity contribution in [2.24, 2.45) is 5.92 Å². The molecule has 1 fully saturated rings. The Kier molecular flexibility index (Phi) is 4.62. The Morgan fingerprint density at radius 3 is 2.86 bits per heavy atom. The number of nitrogens with one attached hydrogen (secondary N) is 1. The molecule has 0 saturated carbocycles. The van der Waals surface area contributed by atoms with Crippen LogP contribution in [-0.2, 0) is 4.74 Å². The monoisotopic (exact) mass is 216 g/mol. The third-order valence-electron chi connectivity index (χ3n) is 2.43. The van der Waals surface area contributed by atoms with Gasteiger partial charge in [0.25, 0.3) is 0 Å². The van der Waals surface area contributed by atoms with Gasteiger partial charge in [-0.3, -0.25) is 0 Å². The van der Waals surface area contributed by atoms with Crippen molar-refractivity contribution in [1.82, 2.24) is 10.2 Å². The van der Waals surface area contributed by atoms with Crippen LogP contribution in [-0.4, -0.2) is 42.9 Å². The van der Waals surface area contributed by atoms with Crippen LogP contribution in [0.25, 0.3) is 0 Å². The number of ether oxygens (including phenoxy) is 1. The van der Waals surface area contributed by atoms with Gasteiger partial charge in [-0.2, -0.15) is 0 Å². The number of methoxy groups -OCH3 is 1. The summed E-state index contributed by atoms with van der Waals surface area (Å²) in [6, 6.07) is 0. The van der Waals surface area contributed by atoms with Crippen LogP contribution >= 0.6 is 12.2 Å². The first-order valence-electron chi connectivity index (χ1n) is 5.19. The number of likely N-dealkylation sites (tertiary alicyclic amines) is 1. The van der Waals surface area contributed by atoms with Crippen LogP contribution < -0.4 is 5.32 Å². The molecule has 1 aliphatic heterocycles. The molecule has 1 aliphatic rings. The van der Waals surface area contributed by atoms with Gasteiger partial charge in [0.15, 0.2) is 5.11 Å². The molecule has 1 atom stereocenters. The Hall–Kier alpha value is -0.350. The molecule has 0 bridgehead atoms. The average molecular weight is 216 g/mol. The van der Waals surface area contributed by atoms with Gasteiger partial charge in [-0.05, 0) is 24.6 Å². The second-order valence-electron chi connectivity index (χ2n) is 4.17. The molecule has 1 N–H and O–H groups in total. The lowest BCUT2D eigenvalue weighted by Crippen LogP contribution is -2.40. The lowest BCUT2D eigenvalue weighted by atomic mass is 10.2. The second kappa shape index (κ2) is 5.51. The Morgan fingerprint density at radius 2 is 2.36 bits per heavy atom. The third-order valence-corrected chi connectivity index (χ3v) is 2.83. The summed E-state index contributed by atoms with van der Waals surface area (Å²) in [4.78, 5) is 2.19. The van der Waals surface area contributed by atoms with Gasteiger partial charge in [0, 0.05) is 26.7 Å². The van der Waals surface area contributed by atoms with Gasteiger partial charge in [-0.1, -0.05) is 13.8 Å². The van der Waals surface area contributed by atoms with Crippen molar-refractivity contribution < 1.29 is 4.74 Å². The average Bonchev–Trinajstić information content (AvgIpc) is 2.62. The molecule has 0 radical (unpaired) electrons. The summed E-state index contributed by atoms with van der Waals surface area (Å²) in [5.41, 5.74) is 0. The maximum absolute atomic E-state index is 5.29. The van der Waals surface area contributed by atoms with Crippen molar-refractivity contribution >= 4 is 17.3 Å². The zero-order valence-corrected chi connectivity index (χ0v) is 10.1. The van der Waals surface area contributed by atoms with E-state index in [2.05, 4.69) is 24.1 Å². The van der Waals surface area contributed by atoms with E-state index in [0.717, 1.165) is 31.2 Å². The minimum absolute atomic E-state index is 0.355. The summed E-state index contributed by atoms with van der Waals surface area (Å²) in [5, 5.41) is 4.14. The first-order chi connectivity index (χ1) is 6.63. The quantitative estimate of drug-likeness (QED) is 0.717. The summed E-state index contributed by atoms with van der Waals surface area (Å²) in [5.74, 6) is 0.633. The lowest BCUT2D eigenvalue weighted by molar-refractivity contribution is 0.114. The van der Waals surface area contributed by atoms with Gasteiger partial charge in [0.2, 0.25) is 0 Å². The summed E-state index contributed by atoms with van der Waals surface area (Å²) in [7, 11) is 1.76. The van der Waals surface area contributed by atoms with E-state index in [1.54, 1.807) is 7.11 Å². The van der Waals surface area contributed by atoms with Gasteiger partial charge in [-0.15, -0.1) is 0 Å². The zero-order chi connectivity index (χ0) is 10.6. The number of rotatable bonds is 3. The SMILES string of the molecule is COC1CCN(C(=S)NCC(C)C)C1. The van der Waals surface area contributed by atoms with Gasteiger partial charge in [-0.25, -0.2) is 0 Å². The molecule has 0 aromatic heterocycles. The molecule has 1 unspecified atom stereocenters. The fraction of sp³-hybridized carbons (Fsp3) is 0.900. The van der Waals surface area contributed by atoms with Crippen molar-refractivity contribution in [2.75, 3.05) is 26.7 Å². The van der Waals surface area contributed by atoms with Crippen molar-refractivity contribution in [3.63, 3.8) is 0 Å². The summed E-state index contributed by atoms with van der Waals surface area (Å²) >= 11 is 5.29. The van der Waals surface area contributed by atoms with Gasteiger partial charge in [0.05, 0.1) is 6.10 Å². The van der Waals surface area contributed by atoms with Crippen molar-refractivity contribution in [1.29, 1.82) is 0 Å². The molecular formula is C10H20N2OS. The summed E-state index contributed by atoms with van der Waals surface area (Å²) in [6.07, 6.45) is 1.44. The van der Waals surface area contributed by atoms with Crippen LogP contribution in [0.2, 0.25) is 0 Å². The molecule has 1 rings (SSSR count). The number of hydrogen-bond donors (Lipinski definition) is 1. The molecule has 1 heterocycles. The second-order valence-corrected chi connectivity index (χ2v) is 4.56. The van der Waals surface area contributed by atoms with E-state index in [-0.39, 0.29) is 0 Å². The summed E-state index contributed by atoms with van der Waals surface area (Å²) in [6.45, 7) is 7.25. The Bertz CT molecular complexity index is 197. The molecule has 0 aromatic rings. The maximum Gasteiger partial charge on any atom is 0.169 e. The van der Waals surface area contributed by atoms with Crippen LogP contribution in [0.4, 0.5) is 0 Å². The topological polar surface area (TPSA) is 24.5 Å². The number of thiocarbonyl (C=S) groups is 1. The molecule has 4 heteroatoms. The van der Waals surface area contributed by atoms with Crippen molar-refractivity contribution in [2.45, 2.75) is 26.4 Å². The zero-order valence-electron chi connectivity index (χ0n) is 9.25. The number of nitrogens with zero attached hydrogens (tertiary/aromatic N) is 1. The van der Waals surface area contributed by atoms with Crippen LogP contribution in [0.15, 0.2) is 0 Å². The highest BCUT2D eigenvalue weighted by molar-refractivity contribution is 7.80. The van der Waals surface area contributed by atoms with E-state index in [1.807, 2.05) is 0 Å². The first kappa shape index (κ1) is 11.7. The minimum atomic E-state index is 0.355. The van der Waals surface area contributed by atoms with Gasteiger partial charge in [0.1, 0.15) is 0 Å². The molecule has 0 spiro atoms. The van der Waals surface area contributed by atoms with E-state index < -0.39 is 0 Å². The highest BCUT2D eigenvalue weighted by Gasteiger charge is 2.23. The Labute approximate surface area is 91.8 Å². The van der Waals surface area contributed by atoms with E-state index in [0.29, 0.717) is 12.0 Å². The van der Waals surface area contributed by atoms with E-state index in [9.17, 15) is 0 Å². The van der Waals surface area contributed by atoms with Crippen molar-refractivity contribution in [3.8, 4) is 0 Å². The van der Waals surface area contributed by atoms with Crippen LogP contribution in [0.5, 0.6) is 0 Å². The van der Waals surface area contributed by atoms with E-state index in [1.165, 1.54) is 0 Å². The minimum Gasteiger partial charge on any atom is -0.380 e. The predicted molar refractivity (Wildman–Crippen MR) is 62.4 cm³/mol. The smallest absolute Gasteiger partial charge is 0.169 e. The van der Waals surface area contributed by atoms with Gasteiger partial charge < -0.3 is 15.0 Å². The maximum atomic E-state index is 5.29. The fourth-order valence-corrected chi connectivity index (χ4v) is 1.76. The van der Waals surface area contributed by atoms with E-state index in [4.69, 9.17) is 17.0 Å². The van der Waals surface area contributed by atoms with Crippen LogP contribution in [0.3, 0.4) is 0 Å². The Morgan fingerprint density at radius 1 is 1.64 bits per heavy atom. The largest absolute Gasteiger partial charge is 0.380 e. The third kappa shape index (κ3) is 3.42. The molecule has 3 nitrogen and oxygen atoms in total. The molecule has 82 valence electrons. The predicted octanol–water partition coefficient (Wildman–Crippen LogP) is 1.24. The molecular weight excluding hydrogens is 196 g/mol. The standard InChI is InChI=1S/C10H20N2OS/c1-8(2)6-11-10(14)12-5-4-9(7-12)13-3/h8-9H,4-7H2,1-3H3,(H,11,14). The molecule has 0 aliphatic carbocycles. The molecule has 14 heavy (non-hydrogen) atoms. The molecule has 0 aromatic carbocycles. The van der Waals surface area contributed by atoms with Gasteiger partial charge >= 0.3 is 0 Å². The molecule has 0 amide bonds. The van der Waals surface area contributed by atoms with E-state index >= 15 is 0 Å². The highest BCUT2D eigenvalue weighted by Crippen LogP contribution is 2.11. The number of hydrogen-bond acceptors (Lipinski definition) is 2. The van der Waals surface area contributed by atoms with Crippen molar-refractivity contribution in [3.05, 3.63) is 0 Å². The fourth-order valence-electron chi connectivity index (χ4n) is 1.51. The highest BCUT2D eigenvalue weighted by atomic mass is 32.1. The molecule has 1 saturated heterocycles. The van der Waals surface area contributed by atoms with Crippen LogP contribution in [0.1, 0.15) is 20.3 Å². The Balaban J connectivity index is 2.25.